The van der Waals surface area contributed by atoms with E-state index in [2.05, 4.69) is 0 Å². The lowest BCUT2D eigenvalue weighted by molar-refractivity contribution is 0.393. The van der Waals surface area contributed by atoms with E-state index in [9.17, 15) is 0 Å². The summed E-state index contributed by atoms with van der Waals surface area (Å²) in [4.78, 5) is 0. The standard InChI is InChI=1S/C16H21NO3/c1-9-10(2)20-11(3)15(9)16(17)12-6-13(18-4)8-14(7-12)19-5/h6-8,16H,17H2,1-5H3. The molecule has 2 N–H and O–H groups in total. The van der Waals surface area contributed by atoms with Gasteiger partial charge in [-0.1, -0.05) is 0 Å². The van der Waals surface area contributed by atoms with Crippen molar-refractivity contribution in [3.05, 3.63) is 46.4 Å². The number of nitrogens with two attached hydrogens (primary N) is 1. The molecular weight excluding hydrogens is 254 g/mol. The molecule has 4 heteroatoms. The van der Waals surface area contributed by atoms with Crippen LogP contribution in [0.4, 0.5) is 0 Å². The molecule has 0 bridgehead atoms. The van der Waals surface area contributed by atoms with Crippen molar-refractivity contribution < 1.29 is 13.9 Å². The normalized spacial score (nSPS) is 12.3. The van der Waals surface area contributed by atoms with Crippen LogP contribution in [-0.2, 0) is 0 Å². The molecule has 0 amide bonds. The van der Waals surface area contributed by atoms with Crippen molar-refractivity contribution in [2.24, 2.45) is 5.73 Å². The number of ether oxygens (including phenoxy) is 2. The van der Waals surface area contributed by atoms with E-state index in [1.165, 1.54) is 0 Å². The van der Waals surface area contributed by atoms with Crippen LogP contribution in [0.3, 0.4) is 0 Å². The highest BCUT2D eigenvalue weighted by atomic mass is 16.5. The van der Waals surface area contributed by atoms with E-state index < -0.39 is 0 Å². The molecule has 2 rings (SSSR count). The maximum atomic E-state index is 6.41. The lowest BCUT2D eigenvalue weighted by atomic mass is 9.96. The second-order valence-corrected chi connectivity index (χ2v) is 4.88. The molecule has 1 aromatic heterocycles. The van der Waals surface area contributed by atoms with Gasteiger partial charge in [0.25, 0.3) is 0 Å². The van der Waals surface area contributed by atoms with Crippen LogP contribution < -0.4 is 15.2 Å². The molecule has 2 aromatic rings. The number of methoxy groups -OCH3 is 2. The van der Waals surface area contributed by atoms with Gasteiger partial charge in [0.2, 0.25) is 0 Å². The second kappa shape index (κ2) is 5.59. The average molecular weight is 275 g/mol. The van der Waals surface area contributed by atoms with Gasteiger partial charge in [0.15, 0.2) is 0 Å². The van der Waals surface area contributed by atoms with E-state index in [4.69, 9.17) is 19.6 Å². The van der Waals surface area contributed by atoms with Crippen LogP contribution in [-0.4, -0.2) is 14.2 Å². The summed E-state index contributed by atoms with van der Waals surface area (Å²) in [7, 11) is 3.26. The fourth-order valence-corrected chi connectivity index (χ4v) is 2.44. The number of rotatable bonds is 4. The predicted molar refractivity (Wildman–Crippen MR) is 78.5 cm³/mol. The van der Waals surface area contributed by atoms with Gasteiger partial charge in [-0.25, -0.2) is 0 Å². The molecule has 0 aliphatic carbocycles. The molecule has 1 unspecified atom stereocenters. The third kappa shape index (κ3) is 2.51. The maximum absolute atomic E-state index is 6.41. The Balaban J connectivity index is 2.49. The Morgan fingerprint density at radius 1 is 0.950 bits per heavy atom. The molecule has 108 valence electrons. The van der Waals surface area contributed by atoms with Gasteiger partial charge in [0.1, 0.15) is 23.0 Å². The first-order valence-electron chi connectivity index (χ1n) is 6.53. The van der Waals surface area contributed by atoms with Crippen LogP contribution >= 0.6 is 0 Å². The topological polar surface area (TPSA) is 57.6 Å². The molecule has 0 fully saturated rings. The van der Waals surface area contributed by atoms with E-state index in [-0.39, 0.29) is 6.04 Å². The van der Waals surface area contributed by atoms with Gasteiger partial charge in [0, 0.05) is 11.6 Å². The fraction of sp³-hybridized carbons (Fsp3) is 0.375. The largest absolute Gasteiger partial charge is 0.497 e. The quantitative estimate of drug-likeness (QED) is 0.930. The summed E-state index contributed by atoms with van der Waals surface area (Å²) in [6.45, 7) is 5.91. The minimum absolute atomic E-state index is 0.267. The number of furan rings is 1. The van der Waals surface area contributed by atoms with Crippen molar-refractivity contribution in [2.45, 2.75) is 26.8 Å². The van der Waals surface area contributed by atoms with Crippen molar-refractivity contribution in [1.29, 1.82) is 0 Å². The third-order valence-electron chi connectivity index (χ3n) is 3.66. The summed E-state index contributed by atoms with van der Waals surface area (Å²) in [6, 6.07) is 5.41. The smallest absolute Gasteiger partial charge is 0.122 e. The molecule has 0 radical (unpaired) electrons. The summed E-state index contributed by atoms with van der Waals surface area (Å²) < 4.78 is 16.2. The molecule has 1 heterocycles. The summed E-state index contributed by atoms with van der Waals surface area (Å²) >= 11 is 0. The monoisotopic (exact) mass is 275 g/mol. The second-order valence-electron chi connectivity index (χ2n) is 4.88. The van der Waals surface area contributed by atoms with Gasteiger partial charge in [-0.05, 0) is 44.0 Å². The highest BCUT2D eigenvalue weighted by Gasteiger charge is 2.20. The van der Waals surface area contributed by atoms with Crippen LogP contribution in [0.1, 0.15) is 34.3 Å². The van der Waals surface area contributed by atoms with Gasteiger partial charge in [-0.15, -0.1) is 0 Å². The van der Waals surface area contributed by atoms with E-state index >= 15 is 0 Å². The molecule has 4 nitrogen and oxygen atoms in total. The summed E-state index contributed by atoms with van der Waals surface area (Å²) in [6.07, 6.45) is 0. The summed E-state index contributed by atoms with van der Waals surface area (Å²) in [5.41, 5.74) is 9.47. The molecule has 0 aliphatic heterocycles. The molecular formula is C16H21NO3. The molecule has 0 spiro atoms. The van der Waals surface area contributed by atoms with Crippen LogP contribution in [0.15, 0.2) is 22.6 Å². The molecule has 1 aromatic carbocycles. The first-order chi connectivity index (χ1) is 9.47. The van der Waals surface area contributed by atoms with Gasteiger partial charge in [-0.2, -0.15) is 0 Å². The van der Waals surface area contributed by atoms with Gasteiger partial charge in [0.05, 0.1) is 20.3 Å². The highest BCUT2D eigenvalue weighted by molar-refractivity contribution is 5.46. The molecule has 0 saturated heterocycles. The Hall–Kier alpha value is -1.94. The molecule has 1 atom stereocenters. The van der Waals surface area contributed by atoms with Crippen molar-refractivity contribution in [3.8, 4) is 11.5 Å². The number of benzene rings is 1. The van der Waals surface area contributed by atoms with E-state index in [1.54, 1.807) is 14.2 Å². The molecule has 0 saturated carbocycles. The number of hydrogen-bond donors (Lipinski definition) is 1. The lowest BCUT2D eigenvalue weighted by Crippen LogP contribution is -2.13. The van der Waals surface area contributed by atoms with Gasteiger partial charge < -0.3 is 19.6 Å². The van der Waals surface area contributed by atoms with E-state index in [0.717, 1.165) is 39.7 Å². The third-order valence-corrected chi connectivity index (χ3v) is 3.66. The Labute approximate surface area is 119 Å². The van der Waals surface area contributed by atoms with Crippen LogP contribution in [0.5, 0.6) is 11.5 Å². The molecule has 20 heavy (non-hydrogen) atoms. The van der Waals surface area contributed by atoms with Crippen molar-refractivity contribution in [2.75, 3.05) is 14.2 Å². The van der Waals surface area contributed by atoms with Gasteiger partial charge >= 0.3 is 0 Å². The number of aryl methyl sites for hydroxylation is 2. The average Bonchev–Trinajstić information content (AvgIpc) is 2.70. The van der Waals surface area contributed by atoms with Crippen LogP contribution in [0.25, 0.3) is 0 Å². The SMILES string of the molecule is COc1cc(OC)cc(C(N)c2c(C)oc(C)c2C)c1. The summed E-state index contributed by atoms with van der Waals surface area (Å²) in [5, 5.41) is 0. The lowest BCUT2D eigenvalue weighted by Gasteiger charge is -2.15. The Kier molecular flexibility index (Phi) is 4.04. The van der Waals surface area contributed by atoms with Crippen molar-refractivity contribution in [1.82, 2.24) is 0 Å². The predicted octanol–water partition coefficient (Wildman–Crippen LogP) is 3.27. The minimum atomic E-state index is -0.267. The Bertz CT molecular complexity index is 594. The zero-order chi connectivity index (χ0) is 14.9. The molecule has 0 aliphatic rings. The fourth-order valence-electron chi connectivity index (χ4n) is 2.44. The zero-order valence-corrected chi connectivity index (χ0v) is 12.6. The number of hydrogen-bond acceptors (Lipinski definition) is 4. The first-order valence-corrected chi connectivity index (χ1v) is 6.53. The van der Waals surface area contributed by atoms with Crippen molar-refractivity contribution in [3.63, 3.8) is 0 Å². The van der Waals surface area contributed by atoms with Crippen molar-refractivity contribution >= 4 is 0 Å². The van der Waals surface area contributed by atoms with E-state index in [1.807, 2.05) is 39.0 Å². The first kappa shape index (κ1) is 14.5. The Morgan fingerprint density at radius 3 is 1.90 bits per heavy atom. The Morgan fingerprint density at radius 2 is 1.50 bits per heavy atom. The maximum Gasteiger partial charge on any atom is 0.122 e. The van der Waals surface area contributed by atoms with Crippen LogP contribution in [0, 0.1) is 20.8 Å². The van der Waals surface area contributed by atoms with Crippen LogP contribution in [0.2, 0.25) is 0 Å². The minimum Gasteiger partial charge on any atom is -0.497 e. The van der Waals surface area contributed by atoms with E-state index in [0.29, 0.717) is 0 Å². The highest BCUT2D eigenvalue weighted by Crippen LogP contribution is 2.33. The summed E-state index contributed by atoms with van der Waals surface area (Å²) in [5.74, 6) is 3.22. The van der Waals surface area contributed by atoms with Gasteiger partial charge in [-0.3, -0.25) is 0 Å². The zero-order valence-electron chi connectivity index (χ0n) is 12.6.